The molecule has 0 aliphatic carbocycles. The van der Waals surface area contributed by atoms with Gasteiger partial charge in [0.05, 0.1) is 5.92 Å². The minimum Gasteiger partial charge on any atom is -0.481 e. The van der Waals surface area contributed by atoms with Crippen LogP contribution < -0.4 is 5.32 Å². The molecular formula is C13H16FNO2. The van der Waals surface area contributed by atoms with Gasteiger partial charge in [0, 0.05) is 6.54 Å². The average molecular weight is 237 g/mol. The zero-order valence-corrected chi connectivity index (χ0v) is 9.79. The summed E-state index contributed by atoms with van der Waals surface area (Å²) < 4.78 is 14.2. The second kappa shape index (κ2) is 4.84. The highest BCUT2D eigenvalue weighted by atomic mass is 19.1. The Hall–Kier alpha value is -1.42. The van der Waals surface area contributed by atoms with Crippen LogP contribution in [-0.2, 0) is 24.2 Å². The fourth-order valence-corrected chi connectivity index (χ4v) is 2.16. The van der Waals surface area contributed by atoms with E-state index in [1.54, 1.807) is 13.0 Å². The normalized spacial score (nSPS) is 16.4. The van der Waals surface area contributed by atoms with Crippen LogP contribution in [0.5, 0.6) is 0 Å². The van der Waals surface area contributed by atoms with Gasteiger partial charge >= 0.3 is 5.97 Å². The van der Waals surface area contributed by atoms with Crippen LogP contribution in [0, 0.1) is 11.7 Å². The highest BCUT2D eigenvalue weighted by Gasteiger charge is 2.19. The quantitative estimate of drug-likeness (QED) is 0.841. The van der Waals surface area contributed by atoms with E-state index in [0.717, 1.165) is 17.7 Å². The molecule has 0 aromatic heterocycles. The van der Waals surface area contributed by atoms with Crippen molar-refractivity contribution in [3.63, 3.8) is 0 Å². The number of benzene rings is 1. The van der Waals surface area contributed by atoms with Gasteiger partial charge in [0.2, 0.25) is 0 Å². The Morgan fingerprint density at radius 3 is 3.06 bits per heavy atom. The van der Waals surface area contributed by atoms with Crippen LogP contribution in [0.4, 0.5) is 4.39 Å². The van der Waals surface area contributed by atoms with Crippen LogP contribution >= 0.6 is 0 Å². The van der Waals surface area contributed by atoms with E-state index in [4.69, 9.17) is 5.11 Å². The molecule has 0 saturated heterocycles. The van der Waals surface area contributed by atoms with Crippen molar-refractivity contribution in [2.45, 2.75) is 26.3 Å². The predicted octanol–water partition coefficient (Wildman–Crippen LogP) is 1.73. The Bertz CT molecular complexity index is 445. The summed E-state index contributed by atoms with van der Waals surface area (Å²) in [7, 11) is 0. The van der Waals surface area contributed by atoms with Gasteiger partial charge in [0.1, 0.15) is 5.82 Å². The fraction of sp³-hybridized carbons (Fsp3) is 0.462. The zero-order valence-electron chi connectivity index (χ0n) is 9.79. The number of carboxylic acid groups (broad SMARTS) is 1. The molecular weight excluding hydrogens is 221 g/mol. The van der Waals surface area contributed by atoms with Crippen molar-refractivity contribution < 1.29 is 14.3 Å². The first-order valence-corrected chi connectivity index (χ1v) is 5.82. The number of hydrogen-bond acceptors (Lipinski definition) is 2. The van der Waals surface area contributed by atoms with Gasteiger partial charge in [-0.15, -0.1) is 0 Å². The lowest BCUT2D eigenvalue weighted by molar-refractivity contribution is -0.141. The zero-order chi connectivity index (χ0) is 12.4. The minimum absolute atomic E-state index is 0.211. The number of halogens is 1. The highest BCUT2D eigenvalue weighted by Crippen LogP contribution is 2.23. The lowest BCUT2D eigenvalue weighted by Gasteiger charge is -2.19. The van der Waals surface area contributed by atoms with Crippen molar-refractivity contribution >= 4 is 5.97 Å². The maximum atomic E-state index is 14.2. The molecule has 92 valence electrons. The van der Waals surface area contributed by atoms with E-state index in [1.165, 1.54) is 0 Å². The maximum Gasteiger partial charge on any atom is 0.306 e. The molecule has 0 fully saturated rings. The largest absolute Gasteiger partial charge is 0.481 e. The average Bonchev–Trinajstić information content (AvgIpc) is 2.33. The summed E-state index contributed by atoms with van der Waals surface area (Å²) in [4.78, 5) is 10.8. The Morgan fingerprint density at radius 2 is 2.35 bits per heavy atom. The van der Waals surface area contributed by atoms with E-state index < -0.39 is 11.9 Å². The number of aliphatic carboxylic acids is 1. The van der Waals surface area contributed by atoms with Crippen LogP contribution in [0.2, 0.25) is 0 Å². The Kier molecular flexibility index (Phi) is 3.43. The number of carboxylic acids is 1. The fourth-order valence-electron chi connectivity index (χ4n) is 2.16. The number of rotatable bonds is 3. The van der Waals surface area contributed by atoms with E-state index in [9.17, 15) is 9.18 Å². The summed E-state index contributed by atoms with van der Waals surface area (Å²) in [6, 6.07) is 3.61. The molecule has 1 aromatic carbocycles. The van der Waals surface area contributed by atoms with Gasteiger partial charge in [0.15, 0.2) is 0 Å². The maximum absolute atomic E-state index is 14.2. The SMILES string of the molecule is CC(Cc1ccc2c(c1F)CCNC2)C(=O)O. The van der Waals surface area contributed by atoms with Crippen molar-refractivity contribution in [1.29, 1.82) is 0 Å². The summed E-state index contributed by atoms with van der Waals surface area (Å²) in [5.74, 6) is -1.65. The third kappa shape index (κ3) is 2.47. The Balaban J connectivity index is 2.27. The molecule has 1 aliphatic rings. The highest BCUT2D eigenvalue weighted by molar-refractivity contribution is 5.69. The summed E-state index contributed by atoms with van der Waals surface area (Å²) in [6.07, 6.45) is 0.929. The van der Waals surface area contributed by atoms with Crippen molar-refractivity contribution in [2.75, 3.05) is 6.54 Å². The van der Waals surface area contributed by atoms with Crippen LogP contribution in [0.15, 0.2) is 12.1 Å². The molecule has 4 heteroatoms. The smallest absolute Gasteiger partial charge is 0.306 e. The third-order valence-corrected chi connectivity index (χ3v) is 3.24. The van der Waals surface area contributed by atoms with E-state index >= 15 is 0 Å². The van der Waals surface area contributed by atoms with Crippen LogP contribution in [0.25, 0.3) is 0 Å². The summed E-state index contributed by atoms with van der Waals surface area (Å²) >= 11 is 0. The molecule has 1 heterocycles. The van der Waals surface area contributed by atoms with Gasteiger partial charge in [-0.05, 0) is 36.1 Å². The molecule has 0 spiro atoms. The Morgan fingerprint density at radius 1 is 1.59 bits per heavy atom. The van der Waals surface area contributed by atoms with Crippen LogP contribution in [0.3, 0.4) is 0 Å². The van der Waals surface area contributed by atoms with Gasteiger partial charge in [-0.1, -0.05) is 19.1 Å². The first kappa shape index (κ1) is 12.0. The molecule has 0 saturated carbocycles. The molecule has 0 radical (unpaired) electrons. The van der Waals surface area contributed by atoms with E-state index in [-0.39, 0.29) is 12.2 Å². The lowest BCUT2D eigenvalue weighted by atomic mass is 9.93. The van der Waals surface area contributed by atoms with Crippen molar-refractivity contribution in [3.05, 3.63) is 34.6 Å². The first-order chi connectivity index (χ1) is 8.09. The lowest BCUT2D eigenvalue weighted by Crippen LogP contribution is -2.25. The molecule has 0 amide bonds. The molecule has 1 unspecified atom stereocenters. The van der Waals surface area contributed by atoms with Crippen molar-refractivity contribution in [1.82, 2.24) is 5.32 Å². The third-order valence-electron chi connectivity index (χ3n) is 3.24. The molecule has 1 atom stereocenters. The topological polar surface area (TPSA) is 49.3 Å². The van der Waals surface area contributed by atoms with Crippen LogP contribution in [-0.4, -0.2) is 17.6 Å². The van der Waals surface area contributed by atoms with Gasteiger partial charge in [-0.3, -0.25) is 4.79 Å². The molecule has 1 aliphatic heterocycles. The van der Waals surface area contributed by atoms with Gasteiger partial charge in [-0.25, -0.2) is 4.39 Å². The summed E-state index contributed by atoms with van der Waals surface area (Å²) in [5, 5.41) is 12.0. The molecule has 0 bridgehead atoms. The summed E-state index contributed by atoms with van der Waals surface area (Å²) in [5.41, 5.74) is 2.25. The second-order valence-electron chi connectivity index (χ2n) is 4.55. The molecule has 17 heavy (non-hydrogen) atoms. The number of fused-ring (bicyclic) bond motifs is 1. The minimum atomic E-state index is -0.885. The standard InChI is InChI=1S/C13H16FNO2/c1-8(13(16)17)6-9-2-3-10-7-15-5-4-11(10)12(9)14/h2-3,8,15H,4-7H2,1H3,(H,16,17). The van der Waals surface area contributed by atoms with Gasteiger partial charge in [-0.2, -0.15) is 0 Å². The predicted molar refractivity (Wildman–Crippen MR) is 62.3 cm³/mol. The van der Waals surface area contributed by atoms with E-state index in [2.05, 4.69) is 5.32 Å². The van der Waals surface area contributed by atoms with Crippen molar-refractivity contribution in [2.24, 2.45) is 5.92 Å². The first-order valence-electron chi connectivity index (χ1n) is 5.82. The van der Waals surface area contributed by atoms with Crippen molar-refractivity contribution in [3.8, 4) is 0 Å². The second-order valence-corrected chi connectivity index (χ2v) is 4.55. The Labute approximate surface area is 99.7 Å². The van der Waals surface area contributed by atoms with E-state index in [0.29, 0.717) is 18.5 Å². The van der Waals surface area contributed by atoms with Gasteiger partial charge in [0.25, 0.3) is 0 Å². The van der Waals surface area contributed by atoms with E-state index in [1.807, 2.05) is 6.07 Å². The molecule has 2 rings (SSSR count). The summed E-state index contributed by atoms with van der Waals surface area (Å²) in [6.45, 7) is 3.08. The van der Waals surface area contributed by atoms with Gasteiger partial charge < -0.3 is 10.4 Å². The molecule has 2 N–H and O–H groups in total. The number of nitrogens with one attached hydrogen (secondary N) is 1. The number of hydrogen-bond donors (Lipinski definition) is 2. The van der Waals surface area contributed by atoms with Crippen LogP contribution in [0.1, 0.15) is 23.6 Å². The number of carbonyl (C=O) groups is 1. The molecule has 3 nitrogen and oxygen atoms in total. The molecule has 1 aromatic rings. The monoisotopic (exact) mass is 237 g/mol.